The number of imidazole rings is 1. The van der Waals surface area contributed by atoms with E-state index in [0.717, 1.165) is 48.1 Å². The van der Waals surface area contributed by atoms with Crippen LogP contribution in [0.1, 0.15) is 16.7 Å². The Bertz CT molecular complexity index is 1100. The van der Waals surface area contributed by atoms with E-state index in [9.17, 15) is 0 Å². The van der Waals surface area contributed by atoms with Crippen molar-refractivity contribution in [2.24, 2.45) is 0 Å². The number of nitrogens with zero attached hydrogens (tertiary/aromatic N) is 3. The Labute approximate surface area is 163 Å². The number of hydrogen-bond donors (Lipinski definition) is 0. The van der Waals surface area contributed by atoms with E-state index in [0.29, 0.717) is 0 Å². The van der Waals surface area contributed by atoms with Crippen LogP contribution in [-0.4, -0.2) is 16.1 Å². The summed E-state index contributed by atoms with van der Waals surface area (Å²) in [7, 11) is 0. The van der Waals surface area contributed by atoms with Crippen LogP contribution in [0.2, 0.25) is 5.02 Å². The van der Waals surface area contributed by atoms with Gasteiger partial charge in [0.1, 0.15) is 0 Å². The molecule has 27 heavy (non-hydrogen) atoms. The van der Waals surface area contributed by atoms with Crippen molar-refractivity contribution in [3.8, 4) is 0 Å². The van der Waals surface area contributed by atoms with Gasteiger partial charge in [0.2, 0.25) is 5.95 Å². The molecule has 134 valence electrons. The van der Waals surface area contributed by atoms with Crippen LogP contribution in [-0.2, 0) is 19.5 Å². The number of fused-ring (bicyclic) bond motifs is 2. The first-order valence-corrected chi connectivity index (χ1v) is 9.67. The highest BCUT2D eigenvalue weighted by atomic mass is 35.5. The molecule has 0 spiro atoms. The first-order chi connectivity index (χ1) is 13.3. The van der Waals surface area contributed by atoms with Crippen molar-refractivity contribution in [3.05, 3.63) is 94.5 Å². The minimum Gasteiger partial charge on any atom is -0.338 e. The SMILES string of the molecule is Clc1ccc2nc(N3CCc4ccccc4C3)n(Cc3ccccc3)c2c1. The highest BCUT2D eigenvalue weighted by molar-refractivity contribution is 6.31. The summed E-state index contributed by atoms with van der Waals surface area (Å²) in [6.07, 6.45) is 1.05. The van der Waals surface area contributed by atoms with Crippen LogP contribution < -0.4 is 4.90 Å². The second-order valence-corrected chi connectivity index (χ2v) is 7.49. The highest BCUT2D eigenvalue weighted by Crippen LogP contribution is 2.30. The quantitative estimate of drug-likeness (QED) is 0.485. The zero-order valence-electron chi connectivity index (χ0n) is 15.0. The normalized spacial score (nSPS) is 13.7. The summed E-state index contributed by atoms with van der Waals surface area (Å²) < 4.78 is 2.30. The van der Waals surface area contributed by atoms with Crippen molar-refractivity contribution < 1.29 is 0 Å². The second-order valence-electron chi connectivity index (χ2n) is 7.06. The molecule has 4 aromatic rings. The topological polar surface area (TPSA) is 21.1 Å². The van der Waals surface area contributed by atoms with Gasteiger partial charge < -0.3 is 9.47 Å². The Kier molecular flexibility index (Phi) is 4.10. The zero-order chi connectivity index (χ0) is 18.2. The predicted octanol–water partition coefficient (Wildman–Crippen LogP) is 5.30. The van der Waals surface area contributed by atoms with Gasteiger partial charge in [-0.3, -0.25) is 0 Å². The van der Waals surface area contributed by atoms with Crippen molar-refractivity contribution in [1.82, 2.24) is 9.55 Å². The van der Waals surface area contributed by atoms with E-state index in [4.69, 9.17) is 16.6 Å². The molecular formula is C23H20ClN3. The van der Waals surface area contributed by atoms with E-state index < -0.39 is 0 Å². The monoisotopic (exact) mass is 373 g/mol. The number of benzene rings is 3. The van der Waals surface area contributed by atoms with Gasteiger partial charge in [0, 0.05) is 18.1 Å². The molecule has 0 amide bonds. The van der Waals surface area contributed by atoms with Crippen LogP contribution >= 0.6 is 11.6 Å². The number of rotatable bonds is 3. The summed E-state index contributed by atoms with van der Waals surface area (Å²) in [5.41, 5.74) is 6.17. The van der Waals surface area contributed by atoms with Gasteiger partial charge in [0.05, 0.1) is 17.6 Å². The third-order valence-electron chi connectivity index (χ3n) is 5.29. The fraction of sp³-hybridized carbons (Fsp3) is 0.174. The summed E-state index contributed by atoms with van der Waals surface area (Å²) in [6.45, 7) is 2.65. The fourth-order valence-corrected chi connectivity index (χ4v) is 4.08. The van der Waals surface area contributed by atoms with E-state index in [-0.39, 0.29) is 0 Å². The van der Waals surface area contributed by atoms with Gasteiger partial charge in [0.15, 0.2) is 0 Å². The molecule has 0 aliphatic carbocycles. The molecule has 3 nitrogen and oxygen atoms in total. The van der Waals surface area contributed by atoms with Gasteiger partial charge in [0.25, 0.3) is 0 Å². The molecule has 2 heterocycles. The molecule has 1 aliphatic rings. The Morgan fingerprint density at radius 1 is 0.889 bits per heavy atom. The third-order valence-corrected chi connectivity index (χ3v) is 5.52. The molecule has 0 saturated heterocycles. The highest BCUT2D eigenvalue weighted by Gasteiger charge is 2.22. The Hall–Kier alpha value is -2.78. The van der Waals surface area contributed by atoms with Gasteiger partial charge in [-0.15, -0.1) is 0 Å². The van der Waals surface area contributed by atoms with Crippen LogP contribution in [0.25, 0.3) is 11.0 Å². The van der Waals surface area contributed by atoms with E-state index in [1.165, 1.54) is 16.7 Å². The Morgan fingerprint density at radius 3 is 2.52 bits per heavy atom. The average Bonchev–Trinajstić information content (AvgIpc) is 3.06. The molecule has 4 heteroatoms. The van der Waals surface area contributed by atoms with Gasteiger partial charge in [-0.05, 0) is 41.3 Å². The lowest BCUT2D eigenvalue weighted by molar-refractivity contribution is 0.677. The smallest absolute Gasteiger partial charge is 0.207 e. The molecule has 3 aromatic carbocycles. The maximum atomic E-state index is 6.30. The largest absolute Gasteiger partial charge is 0.338 e. The third kappa shape index (κ3) is 3.08. The van der Waals surface area contributed by atoms with Gasteiger partial charge in [-0.1, -0.05) is 66.2 Å². The summed E-state index contributed by atoms with van der Waals surface area (Å²) >= 11 is 6.30. The summed E-state index contributed by atoms with van der Waals surface area (Å²) in [4.78, 5) is 7.36. The maximum Gasteiger partial charge on any atom is 0.207 e. The Balaban J connectivity index is 1.60. The number of hydrogen-bond acceptors (Lipinski definition) is 2. The standard InChI is InChI=1S/C23H20ClN3/c24-20-10-11-21-22(14-20)27(15-17-6-2-1-3-7-17)23(25-21)26-13-12-18-8-4-5-9-19(18)16-26/h1-11,14H,12-13,15-16H2. The molecule has 1 aromatic heterocycles. The number of halogens is 1. The van der Waals surface area contributed by atoms with E-state index in [1.807, 2.05) is 18.2 Å². The fourth-order valence-electron chi connectivity index (χ4n) is 3.91. The molecule has 0 saturated carbocycles. The second kappa shape index (κ2) is 6.75. The van der Waals surface area contributed by atoms with Crippen LogP contribution in [0.5, 0.6) is 0 Å². The minimum atomic E-state index is 0.743. The predicted molar refractivity (Wildman–Crippen MR) is 111 cm³/mol. The maximum absolute atomic E-state index is 6.30. The van der Waals surface area contributed by atoms with Crippen molar-refractivity contribution in [2.75, 3.05) is 11.4 Å². The Morgan fingerprint density at radius 2 is 1.67 bits per heavy atom. The molecular weight excluding hydrogens is 354 g/mol. The molecule has 0 unspecified atom stereocenters. The van der Waals surface area contributed by atoms with Gasteiger partial charge in [-0.2, -0.15) is 0 Å². The van der Waals surface area contributed by atoms with Crippen molar-refractivity contribution in [3.63, 3.8) is 0 Å². The van der Waals surface area contributed by atoms with Crippen molar-refractivity contribution >= 4 is 28.6 Å². The van der Waals surface area contributed by atoms with Crippen molar-refractivity contribution in [2.45, 2.75) is 19.5 Å². The van der Waals surface area contributed by atoms with Crippen LogP contribution in [0.15, 0.2) is 72.8 Å². The average molecular weight is 374 g/mol. The molecule has 0 radical (unpaired) electrons. The van der Waals surface area contributed by atoms with Crippen molar-refractivity contribution in [1.29, 1.82) is 0 Å². The van der Waals surface area contributed by atoms with Gasteiger partial charge >= 0.3 is 0 Å². The lowest BCUT2D eigenvalue weighted by Gasteiger charge is -2.30. The van der Waals surface area contributed by atoms with E-state index in [2.05, 4.69) is 64.1 Å². The molecule has 5 rings (SSSR count). The summed E-state index contributed by atoms with van der Waals surface area (Å²) in [6, 6.07) is 25.2. The molecule has 0 N–H and O–H groups in total. The van der Waals surface area contributed by atoms with E-state index >= 15 is 0 Å². The zero-order valence-corrected chi connectivity index (χ0v) is 15.7. The molecule has 1 aliphatic heterocycles. The summed E-state index contributed by atoms with van der Waals surface area (Å²) in [5, 5.41) is 0.743. The van der Waals surface area contributed by atoms with Gasteiger partial charge in [-0.25, -0.2) is 4.98 Å². The summed E-state index contributed by atoms with van der Waals surface area (Å²) in [5.74, 6) is 1.02. The lowest BCUT2D eigenvalue weighted by atomic mass is 10.0. The van der Waals surface area contributed by atoms with Crippen LogP contribution in [0, 0.1) is 0 Å². The molecule has 0 bridgehead atoms. The number of anilines is 1. The minimum absolute atomic E-state index is 0.743. The molecule has 0 atom stereocenters. The van der Waals surface area contributed by atoms with Crippen LogP contribution in [0.3, 0.4) is 0 Å². The van der Waals surface area contributed by atoms with E-state index in [1.54, 1.807) is 0 Å². The number of aromatic nitrogens is 2. The lowest BCUT2D eigenvalue weighted by Crippen LogP contribution is -2.32. The van der Waals surface area contributed by atoms with Crippen LogP contribution in [0.4, 0.5) is 5.95 Å². The molecule has 0 fully saturated rings. The first kappa shape index (κ1) is 16.4. The first-order valence-electron chi connectivity index (χ1n) is 9.29.